The number of methoxy groups -OCH3 is 1. The molecule has 0 aromatic heterocycles. The Bertz CT molecular complexity index is 931. The van der Waals surface area contributed by atoms with Gasteiger partial charge in [-0.05, 0) is 30.0 Å². The highest BCUT2D eigenvalue weighted by molar-refractivity contribution is 5.93. The van der Waals surface area contributed by atoms with Gasteiger partial charge in [-0.2, -0.15) is 0 Å². The van der Waals surface area contributed by atoms with Crippen LogP contribution in [0, 0.1) is 5.92 Å². The third kappa shape index (κ3) is 8.71. The average molecular weight is 519 g/mol. The molecule has 1 aromatic rings. The summed E-state index contributed by atoms with van der Waals surface area (Å²) in [7, 11) is 1.51. The second kappa shape index (κ2) is 13.9. The monoisotopic (exact) mass is 518 g/mol. The SMILES string of the molecule is COCCN1CC(=O)N[C@H](C(=O)N2CCOCC2)Cc2ccc(cc2)OCC(=O)N[C@@H](CC(C)C)C1=O. The van der Waals surface area contributed by atoms with Crippen molar-refractivity contribution < 1.29 is 33.4 Å². The molecule has 4 rings (SSSR count). The first-order valence-corrected chi connectivity index (χ1v) is 12.7. The highest BCUT2D eigenvalue weighted by atomic mass is 16.5. The summed E-state index contributed by atoms with van der Waals surface area (Å²) < 4.78 is 16.1. The third-order valence-electron chi connectivity index (χ3n) is 6.24. The number of carbonyl (C=O) groups is 4. The lowest BCUT2D eigenvalue weighted by Crippen LogP contribution is -2.56. The summed E-state index contributed by atoms with van der Waals surface area (Å²) in [5.74, 6) is -0.875. The maximum absolute atomic E-state index is 13.5. The lowest BCUT2D eigenvalue weighted by molar-refractivity contribution is -0.142. The van der Waals surface area contributed by atoms with Gasteiger partial charge in [0.15, 0.2) is 6.61 Å². The summed E-state index contributed by atoms with van der Waals surface area (Å²) >= 11 is 0. The summed E-state index contributed by atoms with van der Waals surface area (Å²) in [4.78, 5) is 55.7. The molecule has 0 unspecified atom stereocenters. The Balaban J connectivity index is 1.89. The number of amides is 4. The van der Waals surface area contributed by atoms with Crippen LogP contribution in [0.15, 0.2) is 24.3 Å². The van der Waals surface area contributed by atoms with E-state index in [0.29, 0.717) is 38.5 Å². The number of morpholine rings is 1. The molecule has 0 saturated carbocycles. The van der Waals surface area contributed by atoms with E-state index in [-0.39, 0.29) is 50.5 Å². The first-order valence-electron chi connectivity index (χ1n) is 12.7. The predicted molar refractivity (Wildman–Crippen MR) is 135 cm³/mol. The molecule has 0 aliphatic carbocycles. The molecular weight excluding hydrogens is 480 g/mol. The molecule has 2 bridgehead atoms. The van der Waals surface area contributed by atoms with Crippen LogP contribution in [-0.2, 0) is 35.1 Å². The predicted octanol–water partition coefficient (Wildman–Crippen LogP) is -0.0290. The van der Waals surface area contributed by atoms with Gasteiger partial charge in [-0.1, -0.05) is 26.0 Å². The highest BCUT2D eigenvalue weighted by Crippen LogP contribution is 2.16. The molecule has 3 aliphatic rings. The first-order chi connectivity index (χ1) is 17.8. The molecule has 37 heavy (non-hydrogen) atoms. The van der Waals surface area contributed by atoms with Crippen LogP contribution in [0.3, 0.4) is 0 Å². The fourth-order valence-electron chi connectivity index (χ4n) is 4.34. The topological polar surface area (TPSA) is 127 Å². The molecule has 4 amide bonds. The number of ether oxygens (including phenoxy) is 3. The van der Waals surface area contributed by atoms with Crippen molar-refractivity contribution in [3.8, 4) is 5.75 Å². The van der Waals surface area contributed by atoms with Crippen molar-refractivity contribution in [2.75, 3.05) is 59.7 Å². The quantitative estimate of drug-likeness (QED) is 0.507. The summed E-state index contributed by atoms with van der Waals surface area (Å²) in [5, 5.41) is 5.61. The van der Waals surface area contributed by atoms with E-state index in [0.717, 1.165) is 5.56 Å². The van der Waals surface area contributed by atoms with Gasteiger partial charge in [0.05, 0.1) is 26.4 Å². The van der Waals surface area contributed by atoms with Crippen molar-refractivity contribution in [3.63, 3.8) is 0 Å². The Kier molecular flexibility index (Phi) is 10.7. The fourth-order valence-corrected chi connectivity index (χ4v) is 4.34. The molecule has 11 heteroatoms. The largest absolute Gasteiger partial charge is 0.484 e. The van der Waals surface area contributed by atoms with Gasteiger partial charge in [0.25, 0.3) is 5.91 Å². The highest BCUT2D eigenvalue weighted by Gasteiger charge is 2.31. The Labute approximate surface area is 217 Å². The van der Waals surface area contributed by atoms with Crippen LogP contribution in [0.2, 0.25) is 0 Å². The van der Waals surface area contributed by atoms with E-state index < -0.39 is 23.9 Å². The van der Waals surface area contributed by atoms with Crippen LogP contribution < -0.4 is 15.4 Å². The van der Waals surface area contributed by atoms with Gasteiger partial charge < -0.3 is 34.6 Å². The fraction of sp³-hybridized carbons (Fsp3) is 0.615. The zero-order valence-corrected chi connectivity index (χ0v) is 21.9. The number of hydrogen-bond donors (Lipinski definition) is 2. The van der Waals surface area contributed by atoms with Gasteiger partial charge in [0.2, 0.25) is 17.7 Å². The Morgan fingerprint density at radius 2 is 1.78 bits per heavy atom. The number of rotatable bonds is 6. The van der Waals surface area contributed by atoms with Crippen LogP contribution in [0.5, 0.6) is 5.75 Å². The third-order valence-corrected chi connectivity index (χ3v) is 6.24. The molecule has 3 heterocycles. The normalized spacial score (nSPS) is 22.0. The number of nitrogens with one attached hydrogen (secondary N) is 2. The lowest BCUT2D eigenvalue weighted by atomic mass is 10.0. The summed E-state index contributed by atoms with van der Waals surface area (Å²) in [6.07, 6.45) is 0.660. The molecule has 0 spiro atoms. The number of nitrogens with zero attached hydrogens (tertiary/aromatic N) is 2. The zero-order valence-electron chi connectivity index (χ0n) is 21.9. The molecule has 1 saturated heterocycles. The molecule has 2 N–H and O–H groups in total. The van der Waals surface area contributed by atoms with Gasteiger partial charge in [-0.3, -0.25) is 19.2 Å². The van der Waals surface area contributed by atoms with Crippen molar-refractivity contribution in [3.05, 3.63) is 29.8 Å². The van der Waals surface area contributed by atoms with Crippen LogP contribution in [0.4, 0.5) is 0 Å². The Hall–Kier alpha value is -3.18. The van der Waals surface area contributed by atoms with E-state index in [9.17, 15) is 19.2 Å². The van der Waals surface area contributed by atoms with E-state index in [1.165, 1.54) is 12.0 Å². The minimum Gasteiger partial charge on any atom is -0.484 e. The summed E-state index contributed by atoms with van der Waals surface area (Å²) in [6.45, 7) is 5.54. The van der Waals surface area contributed by atoms with Gasteiger partial charge in [0, 0.05) is 33.2 Å². The van der Waals surface area contributed by atoms with Gasteiger partial charge in [0.1, 0.15) is 17.8 Å². The van der Waals surface area contributed by atoms with Crippen LogP contribution in [0.25, 0.3) is 0 Å². The van der Waals surface area contributed by atoms with Crippen molar-refractivity contribution >= 4 is 23.6 Å². The molecule has 1 aromatic carbocycles. The summed E-state index contributed by atoms with van der Waals surface area (Å²) in [6, 6.07) is 5.41. The van der Waals surface area contributed by atoms with E-state index in [1.807, 2.05) is 13.8 Å². The number of carbonyl (C=O) groups excluding carboxylic acids is 4. The minimum absolute atomic E-state index is 0.113. The van der Waals surface area contributed by atoms with Crippen molar-refractivity contribution in [1.29, 1.82) is 0 Å². The molecule has 0 radical (unpaired) electrons. The van der Waals surface area contributed by atoms with E-state index >= 15 is 0 Å². The number of benzene rings is 1. The maximum Gasteiger partial charge on any atom is 0.258 e. The Morgan fingerprint density at radius 1 is 1.08 bits per heavy atom. The lowest BCUT2D eigenvalue weighted by Gasteiger charge is -2.32. The second-order valence-corrected chi connectivity index (χ2v) is 9.70. The zero-order chi connectivity index (χ0) is 26.8. The number of fused-ring (bicyclic) bond motifs is 13. The van der Waals surface area contributed by atoms with Crippen molar-refractivity contribution in [1.82, 2.24) is 20.4 Å². The molecule has 204 valence electrons. The van der Waals surface area contributed by atoms with Crippen LogP contribution in [0.1, 0.15) is 25.8 Å². The minimum atomic E-state index is -0.832. The van der Waals surface area contributed by atoms with Crippen LogP contribution >= 0.6 is 0 Å². The van der Waals surface area contributed by atoms with E-state index in [1.54, 1.807) is 29.2 Å². The Morgan fingerprint density at radius 3 is 2.43 bits per heavy atom. The second-order valence-electron chi connectivity index (χ2n) is 9.70. The average Bonchev–Trinajstić information content (AvgIpc) is 2.88. The molecule has 11 nitrogen and oxygen atoms in total. The molecule has 2 atom stereocenters. The van der Waals surface area contributed by atoms with Crippen LogP contribution in [-0.4, -0.2) is 105 Å². The molecular formula is C26H38N4O7. The van der Waals surface area contributed by atoms with E-state index in [4.69, 9.17) is 14.2 Å². The van der Waals surface area contributed by atoms with E-state index in [2.05, 4.69) is 10.6 Å². The standard InChI is InChI=1S/C26H38N4O7/c1-18(2)14-21-26(34)30(8-11-35-3)16-23(31)27-22(25(33)29-9-12-36-13-10-29)15-19-4-6-20(7-5-19)37-17-24(32)28-21/h4-7,18,21-22H,8-17H2,1-3H3,(H,27,31)(H,28,32)/t21-,22-/m0/s1. The van der Waals surface area contributed by atoms with Gasteiger partial charge in [-0.15, -0.1) is 0 Å². The van der Waals surface area contributed by atoms with Gasteiger partial charge >= 0.3 is 0 Å². The molecule has 3 aliphatic heterocycles. The maximum atomic E-state index is 13.5. The van der Waals surface area contributed by atoms with Crippen molar-refractivity contribution in [2.24, 2.45) is 5.92 Å². The smallest absolute Gasteiger partial charge is 0.258 e. The van der Waals surface area contributed by atoms with Gasteiger partial charge in [-0.25, -0.2) is 0 Å². The summed E-state index contributed by atoms with van der Waals surface area (Å²) in [5.41, 5.74) is 0.820. The first kappa shape index (κ1) is 28.4. The molecule has 1 fully saturated rings. The van der Waals surface area contributed by atoms with Crippen molar-refractivity contribution in [2.45, 2.75) is 38.8 Å². The number of hydrogen-bond acceptors (Lipinski definition) is 7.